The third-order valence-electron chi connectivity index (χ3n) is 10.2. The number of phosphoric acid groups is 1. The molecule has 0 aliphatic rings. The molecule has 0 spiro atoms. The van der Waals surface area contributed by atoms with E-state index in [0.29, 0.717) is 24.1 Å². The molecule has 358 valence electrons. The van der Waals surface area contributed by atoms with Crippen molar-refractivity contribution in [3.8, 4) is 0 Å². The lowest BCUT2D eigenvalue weighted by Gasteiger charge is -2.24. The van der Waals surface area contributed by atoms with Crippen molar-refractivity contribution in [3.63, 3.8) is 0 Å². The van der Waals surface area contributed by atoms with E-state index in [4.69, 9.17) is 18.5 Å². The first-order valence-electron chi connectivity index (χ1n) is 24.8. The minimum absolute atomic E-state index is 0.0785. The number of allylic oxidation sites excluding steroid dienone is 14. The second kappa shape index (κ2) is 45.3. The van der Waals surface area contributed by atoms with E-state index in [9.17, 15) is 14.3 Å². The van der Waals surface area contributed by atoms with Gasteiger partial charge >= 0.3 is 13.8 Å². The van der Waals surface area contributed by atoms with Gasteiger partial charge < -0.3 is 18.9 Å². The molecule has 0 amide bonds. The van der Waals surface area contributed by atoms with E-state index in [0.717, 1.165) is 96.3 Å². The van der Waals surface area contributed by atoms with Crippen molar-refractivity contribution in [2.45, 2.75) is 193 Å². The zero-order valence-corrected chi connectivity index (χ0v) is 41.5. The van der Waals surface area contributed by atoms with E-state index < -0.39 is 13.9 Å². The Hall–Kier alpha value is -2.32. The van der Waals surface area contributed by atoms with Gasteiger partial charge in [-0.3, -0.25) is 13.8 Å². The molecular formula is C53H95NO7P+. The van der Waals surface area contributed by atoms with Crippen LogP contribution in [0.25, 0.3) is 0 Å². The molecule has 0 aliphatic carbocycles. The number of hydrogen-bond donors (Lipinski definition) is 1. The summed E-state index contributed by atoms with van der Waals surface area (Å²) in [6.07, 6.45) is 60.5. The van der Waals surface area contributed by atoms with Gasteiger partial charge in [-0.1, -0.05) is 176 Å². The number of hydrogen-bond acceptors (Lipinski definition) is 6. The van der Waals surface area contributed by atoms with Gasteiger partial charge in [0.15, 0.2) is 0 Å². The predicted octanol–water partition coefficient (Wildman–Crippen LogP) is 15.2. The molecule has 2 unspecified atom stereocenters. The van der Waals surface area contributed by atoms with Crippen LogP contribution >= 0.6 is 7.82 Å². The molecular weight excluding hydrogens is 794 g/mol. The molecule has 0 radical (unpaired) electrons. The number of quaternary nitrogens is 1. The third kappa shape index (κ3) is 48.7. The van der Waals surface area contributed by atoms with Gasteiger partial charge in [0.25, 0.3) is 0 Å². The predicted molar refractivity (Wildman–Crippen MR) is 265 cm³/mol. The molecule has 9 heteroatoms. The number of unbranched alkanes of at least 4 members (excludes halogenated alkanes) is 17. The highest BCUT2D eigenvalue weighted by Gasteiger charge is 2.26. The van der Waals surface area contributed by atoms with Crippen LogP contribution in [-0.2, 0) is 27.9 Å². The van der Waals surface area contributed by atoms with Crippen molar-refractivity contribution in [2.24, 2.45) is 0 Å². The Kier molecular flexibility index (Phi) is 43.6. The number of ether oxygens (including phenoxy) is 2. The smallest absolute Gasteiger partial charge is 0.457 e. The first-order chi connectivity index (χ1) is 30.1. The largest absolute Gasteiger partial charge is 0.472 e. The van der Waals surface area contributed by atoms with Crippen molar-refractivity contribution in [3.05, 3.63) is 85.1 Å². The summed E-state index contributed by atoms with van der Waals surface area (Å²) in [6.45, 7) is 5.43. The number of phosphoric ester groups is 1. The van der Waals surface area contributed by atoms with Gasteiger partial charge in [-0.15, -0.1) is 0 Å². The summed E-state index contributed by atoms with van der Waals surface area (Å²) in [7, 11) is 1.64. The zero-order valence-electron chi connectivity index (χ0n) is 40.6. The van der Waals surface area contributed by atoms with Gasteiger partial charge in [-0.25, -0.2) is 4.57 Å². The lowest BCUT2D eigenvalue weighted by atomic mass is 10.1. The fourth-order valence-corrected chi connectivity index (χ4v) is 7.12. The van der Waals surface area contributed by atoms with Crippen molar-refractivity contribution in [1.29, 1.82) is 0 Å². The maximum Gasteiger partial charge on any atom is 0.472 e. The molecule has 0 saturated heterocycles. The van der Waals surface area contributed by atoms with Gasteiger partial charge in [0, 0.05) is 13.0 Å². The Morgan fingerprint density at radius 2 is 0.935 bits per heavy atom. The molecule has 62 heavy (non-hydrogen) atoms. The monoisotopic (exact) mass is 889 g/mol. The van der Waals surface area contributed by atoms with E-state index in [1.54, 1.807) is 0 Å². The van der Waals surface area contributed by atoms with Gasteiger partial charge in [0.05, 0.1) is 34.4 Å². The van der Waals surface area contributed by atoms with Crippen LogP contribution in [0.5, 0.6) is 0 Å². The first kappa shape index (κ1) is 59.7. The molecule has 2 atom stereocenters. The maximum absolute atomic E-state index is 12.7. The highest BCUT2D eigenvalue weighted by molar-refractivity contribution is 7.47. The van der Waals surface area contributed by atoms with Crippen molar-refractivity contribution >= 4 is 13.8 Å². The minimum atomic E-state index is -4.29. The molecule has 1 N–H and O–H groups in total. The Labute approximate surface area is 382 Å². The van der Waals surface area contributed by atoms with Crippen LogP contribution < -0.4 is 0 Å². The Morgan fingerprint density at radius 1 is 0.516 bits per heavy atom. The van der Waals surface area contributed by atoms with E-state index in [1.165, 1.54) is 70.6 Å². The summed E-state index contributed by atoms with van der Waals surface area (Å²) < 4.78 is 35.1. The average molecular weight is 889 g/mol. The highest BCUT2D eigenvalue weighted by atomic mass is 31.2. The second-order valence-corrected chi connectivity index (χ2v) is 18.9. The van der Waals surface area contributed by atoms with Crippen LogP contribution in [0.1, 0.15) is 187 Å². The SMILES string of the molecule is CC/C=C\C/C=C\C/C=C\C/C=C\C/C=C\C/C=C\CCCCCCCOCC(COP(=O)(O)OCC[N+](C)(C)C)OC(=O)CCCCCCC/C=C\CCCCCCCCC. The molecule has 8 nitrogen and oxygen atoms in total. The lowest BCUT2D eigenvalue weighted by Crippen LogP contribution is -2.37. The second-order valence-electron chi connectivity index (χ2n) is 17.5. The number of carbonyl (C=O) groups is 1. The van der Waals surface area contributed by atoms with Crippen molar-refractivity contribution < 1.29 is 37.3 Å². The number of esters is 1. The number of rotatable bonds is 45. The van der Waals surface area contributed by atoms with Crippen LogP contribution in [-0.4, -0.2) is 75.6 Å². The molecule has 0 saturated carbocycles. The molecule has 0 bridgehead atoms. The molecule has 0 rings (SSSR count). The van der Waals surface area contributed by atoms with E-state index in [1.807, 2.05) is 21.1 Å². The van der Waals surface area contributed by atoms with Crippen LogP contribution in [0.4, 0.5) is 0 Å². The molecule has 0 fully saturated rings. The van der Waals surface area contributed by atoms with Crippen LogP contribution in [0.15, 0.2) is 85.1 Å². The summed E-state index contributed by atoms with van der Waals surface area (Å²) in [5.74, 6) is -0.332. The topological polar surface area (TPSA) is 91.3 Å². The minimum Gasteiger partial charge on any atom is -0.457 e. The Morgan fingerprint density at radius 3 is 1.42 bits per heavy atom. The first-order valence-corrected chi connectivity index (χ1v) is 26.3. The Balaban J connectivity index is 4.24. The quantitative estimate of drug-likeness (QED) is 0.0214. The van der Waals surface area contributed by atoms with E-state index in [2.05, 4.69) is 98.9 Å². The van der Waals surface area contributed by atoms with Crippen molar-refractivity contribution in [1.82, 2.24) is 0 Å². The van der Waals surface area contributed by atoms with Gasteiger partial charge in [0.2, 0.25) is 0 Å². The molecule has 0 aromatic carbocycles. The fourth-order valence-electron chi connectivity index (χ4n) is 6.37. The summed E-state index contributed by atoms with van der Waals surface area (Å²) in [6, 6.07) is 0. The fraction of sp³-hybridized carbons (Fsp3) is 0.717. The molecule has 0 aromatic rings. The van der Waals surface area contributed by atoms with Gasteiger partial charge in [-0.05, 0) is 89.9 Å². The number of carbonyl (C=O) groups excluding carboxylic acids is 1. The Bertz CT molecular complexity index is 1260. The standard InChI is InChI=1S/C53H94NO7P/c1-6-8-10-12-14-16-18-20-22-24-25-26-27-28-29-30-31-33-35-37-39-41-43-45-48-58-50-52(51-60-62(56,57)59-49-47-54(3,4)5)61-53(55)46-44-42-40-38-36-34-32-23-21-19-17-15-13-11-9-7-2/h8,10,14,16,20,22-23,25-26,28-29,31-33,52H,6-7,9,11-13,15,17-19,21,24,27,30,34-51H2,1-5H3/p+1/b10-8-,16-14-,22-20-,26-25-,29-28-,32-23-,33-31-. The highest BCUT2D eigenvalue weighted by Crippen LogP contribution is 2.43. The number of likely N-dealkylation sites (N-methyl/N-ethyl adjacent to an activating group) is 1. The molecule has 0 aromatic heterocycles. The van der Waals surface area contributed by atoms with E-state index in [-0.39, 0.29) is 25.8 Å². The number of nitrogens with zero attached hydrogens (tertiary/aromatic N) is 1. The summed E-state index contributed by atoms with van der Waals surface area (Å²) in [4.78, 5) is 23.0. The maximum atomic E-state index is 12.7. The summed E-state index contributed by atoms with van der Waals surface area (Å²) in [5, 5.41) is 0. The summed E-state index contributed by atoms with van der Waals surface area (Å²) in [5.41, 5.74) is 0. The zero-order chi connectivity index (χ0) is 45.5. The van der Waals surface area contributed by atoms with Crippen LogP contribution in [0, 0.1) is 0 Å². The lowest BCUT2D eigenvalue weighted by molar-refractivity contribution is -0.870. The molecule has 0 aliphatic heterocycles. The molecule has 0 heterocycles. The van der Waals surface area contributed by atoms with Crippen molar-refractivity contribution in [2.75, 3.05) is 54.1 Å². The van der Waals surface area contributed by atoms with E-state index >= 15 is 0 Å². The third-order valence-corrected chi connectivity index (χ3v) is 11.2. The summed E-state index contributed by atoms with van der Waals surface area (Å²) >= 11 is 0. The van der Waals surface area contributed by atoms with Crippen LogP contribution in [0.3, 0.4) is 0 Å². The normalized spacial score (nSPS) is 14.4. The van der Waals surface area contributed by atoms with Crippen LogP contribution in [0.2, 0.25) is 0 Å². The average Bonchev–Trinajstić information content (AvgIpc) is 3.23. The van der Waals surface area contributed by atoms with Gasteiger partial charge in [-0.2, -0.15) is 0 Å². The van der Waals surface area contributed by atoms with Gasteiger partial charge in [0.1, 0.15) is 19.3 Å².